The number of amides is 1. The lowest BCUT2D eigenvalue weighted by Crippen LogP contribution is -2.43. The molecule has 1 saturated heterocycles. The van der Waals surface area contributed by atoms with Gasteiger partial charge in [0.05, 0.1) is 18.6 Å². The van der Waals surface area contributed by atoms with Crippen molar-refractivity contribution in [3.8, 4) is 11.5 Å². The maximum absolute atomic E-state index is 12.9. The summed E-state index contributed by atoms with van der Waals surface area (Å²) in [4.78, 5) is 26.1. The number of carbonyl (C=O) groups excluding carboxylic acids is 1. The number of aliphatic carboxylic acids is 1. The lowest BCUT2D eigenvalue weighted by atomic mass is 10.1. The predicted molar refractivity (Wildman–Crippen MR) is 119 cm³/mol. The molecule has 8 heteroatoms. The second-order valence-electron chi connectivity index (χ2n) is 6.66. The largest absolute Gasteiger partial charge is 0.493 e. The van der Waals surface area contributed by atoms with E-state index in [2.05, 4.69) is 6.92 Å². The van der Waals surface area contributed by atoms with Crippen molar-refractivity contribution >= 4 is 46.3 Å². The molecule has 0 radical (unpaired) electrons. The number of carbonyl (C=O) groups is 2. The number of benzene rings is 1. The molecule has 1 aliphatic rings. The van der Waals surface area contributed by atoms with Gasteiger partial charge in [0.25, 0.3) is 5.91 Å². The van der Waals surface area contributed by atoms with Gasteiger partial charge in [0.15, 0.2) is 11.5 Å². The van der Waals surface area contributed by atoms with Gasteiger partial charge in [-0.3, -0.25) is 9.69 Å². The van der Waals surface area contributed by atoms with Crippen LogP contribution in [0.4, 0.5) is 0 Å². The Labute approximate surface area is 181 Å². The van der Waals surface area contributed by atoms with Crippen LogP contribution in [0.2, 0.25) is 0 Å². The van der Waals surface area contributed by atoms with Crippen LogP contribution in [-0.2, 0) is 9.59 Å². The Balaban J connectivity index is 2.23. The van der Waals surface area contributed by atoms with E-state index in [0.717, 1.165) is 36.6 Å². The van der Waals surface area contributed by atoms with Crippen LogP contribution in [0.5, 0.6) is 11.5 Å². The molecule has 1 fully saturated rings. The molecular formula is C21H27NO5S2. The topological polar surface area (TPSA) is 76.1 Å². The van der Waals surface area contributed by atoms with Crippen LogP contribution in [0.3, 0.4) is 0 Å². The van der Waals surface area contributed by atoms with Gasteiger partial charge < -0.3 is 14.6 Å². The van der Waals surface area contributed by atoms with Gasteiger partial charge in [-0.1, -0.05) is 63.2 Å². The average Bonchev–Trinajstić information content (AvgIpc) is 2.96. The zero-order valence-electron chi connectivity index (χ0n) is 17.0. The number of carboxylic acids is 1. The standard InChI is InChI=1S/C21H27NO5S2/c1-4-6-8-15(20(24)25)22-19(23)18(29-21(22)28)13-14-9-10-16(17(12-14)26-3)27-11-7-5-2/h9-10,12-13,15H,4-8,11H2,1-3H3,(H,24,25)/b18-13-. The summed E-state index contributed by atoms with van der Waals surface area (Å²) in [5.41, 5.74) is 0.755. The average molecular weight is 438 g/mol. The summed E-state index contributed by atoms with van der Waals surface area (Å²) in [6.07, 6.45) is 5.64. The van der Waals surface area contributed by atoms with E-state index < -0.39 is 12.0 Å². The van der Waals surface area contributed by atoms with E-state index in [9.17, 15) is 14.7 Å². The van der Waals surface area contributed by atoms with Crippen molar-refractivity contribution in [3.05, 3.63) is 28.7 Å². The normalized spacial score (nSPS) is 16.4. The van der Waals surface area contributed by atoms with Crippen LogP contribution in [0, 0.1) is 0 Å². The summed E-state index contributed by atoms with van der Waals surface area (Å²) in [5.74, 6) is -0.176. The first-order chi connectivity index (χ1) is 13.9. The molecule has 0 aliphatic carbocycles. The second-order valence-corrected chi connectivity index (χ2v) is 8.34. The molecule has 158 valence electrons. The molecule has 1 aliphatic heterocycles. The van der Waals surface area contributed by atoms with E-state index in [1.807, 2.05) is 19.1 Å². The first-order valence-corrected chi connectivity index (χ1v) is 11.0. The number of hydrogen-bond donors (Lipinski definition) is 1. The van der Waals surface area contributed by atoms with Crippen LogP contribution >= 0.6 is 24.0 Å². The van der Waals surface area contributed by atoms with Gasteiger partial charge >= 0.3 is 5.97 Å². The maximum Gasteiger partial charge on any atom is 0.326 e. The monoisotopic (exact) mass is 437 g/mol. The van der Waals surface area contributed by atoms with Crippen molar-refractivity contribution in [2.45, 2.75) is 52.0 Å². The fourth-order valence-corrected chi connectivity index (χ4v) is 4.24. The highest BCUT2D eigenvalue weighted by atomic mass is 32.2. The Bertz CT molecular complexity index is 793. The molecule has 1 aromatic rings. The first-order valence-electron chi connectivity index (χ1n) is 9.73. The number of ether oxygens (including phenoxy) is 2. The molecule has 0 bridgehead atoms. The molecule has 0 saturated carbocycles. The summed E-state index contributed by atoms with van der Waals surface area (Å²) in [5, 5.41) is 9.55. The van der Waals surface area contributed by atoms with Crippen LogP contribution in [0.15, 0.2) is 23.1 Å². The predicted octanol–water partition coefficient (Wildman–Crippen LogP) is 4.72. The number of methoxy groups -OCH3 is 1. The number of thioether (sulfide) groups is 1. The van der Waals surface area contributed by atoms with Gasteiger partial charge in [-0.2, -0.15) is 0 Å². The molecular weight excluding hydrogens is 410 g/mol. The van der Waals surface area contributed by atoms with Crippen molar-refractivity contribution in [3.63, 3.8) is 0 Å². The molecule has 2 rings (SSSR count). The van der Waals surface area contributed by atoms with Crippen molar-refractivity contribution in [2.75, 3.05) is 13.7 Å². The number of thiocarbonyl (C=S) groups is 1. The SMILES string of the molecule is CCCCOc1ccc(/C=C2\SC(=S)N(C(CCCC)C(=O)O)C2=O)cc1OC. The van der Waals surface area contributed by atoms with Crippen molar-refractivity contribution in [1.82, 2.24) is 4.90 Å². The fraction of sp³-hybridized carbons (Fsp3) is 0.476. The van der Waals surface area contributed by atoms with E-state index in [1.54, 1.807) is 19.3 Å². The Morgan fingerprint density at radius 2 is 2.00 bits per heavy atom. The Morgan fingerprint density at radius 1 is 1.28 bits per heavy atom. The van der Waals surface area contributed by atoms with Crippen LogP contribution in [-0.4, -0.2) is 46.0 Å². The molecule has 1 amide bonds. The third kappa shape index (κ3) is 5.96. The van der Waals surface area contributed by atoms with E-state index in [4.69, 9.17) is 21.7 Å². The highest BCUT2D eigenvalue weighted by Crippen LogP contribution is 2.36. The number of carboxylic acid groups (broad SMARTS) is 1. The number of unbranched alkanes of at least 4 members (excludes halogenated alkanes) is 2. The fourth-order valence-electron chi connectivity index (χ4n) is 2.88. The van der Waals surface area contributed by atoms with Crippen LogP contribution in [0.25, 0.3) is 6.08 Å². The van der Waals surface area contributed by atoms with Gasteiger partial charge in [0, 0.05) is 0 Å². The van der Waals surface area contributed by atoms with Crippen molar-refractivity contribution in [2.24, 2.45) is 0 Å². The lowest BCUT2D eigenvalue weighted by Gasteiger charge is -2.22. The summed E-state index contributed by atoms with van der Waals surface area (Å²) in [6, 6.07) is 4.50. The molecule has 6 nitrogen and oxygen atoms in total. The van der Waals surface area contributed by atoms with Gasteiger partial charge in [-0.15, -0.1) is 0 Å². The Hall–Kier alpha value is -2.06. The van der Waals surface area contributed by atoms with E-state index in [1.165, 1.54) is 4.90 Å². The van der Waals surface area contributed by atoms with E-state index in [-0.39, 0.29) is 10.2 Å². The Morgan fingerprint density at radius 3 is 2.62 bits per heavy atom. The first kappa shape index (κ1) is 23.2. The minimum atomic E-state index is -1.04. The summed E-state index contributed by atoms with van der Waals surface area (Å²) < 4.78 is 11.4. The maximum atomic E-state index is 12.9. The molecule has 1 aromatic carbocycles. The quantitative estimate of drug-likeness (QED) is 0.305. The third-order valence-electron chi connectivity index (χ3n) is 4.49. The molecule has 1 N–H and O–H groups in total. The number of nitrogens with zero attached hydrogens (tertiary/aromatic N) is 1. The zero-order valence-corrected chi connectivity index (χ0v) is 18.6. The van der Waals surface area contributed by atoms with Gasteiger partial charge in [0.1, 0.15) is 10.4 Å². The second kappa shape index (κ2) is 11.2. The molecule has 29 heavy (non-hydrogen) atoms. The molecule has 1 heterocycles. The summed E-state index contributed by atoms with van der Waals surface area (Å²) in [7, 11) is 1.57. The van der Waals surface area contributed by atoms with E-state index >= 15 is 0 Å². The molecule has 0 spiro atoms. The third-order valence-corrected chi connectivity index (χ3v) is 5.82. The smallest absolute Gasteiger partial charge is 0.326 e. The van der Waals surface area contributed by atoms with E-state index in [0.29, 0.717) is 35.9 Å². The molecule has 1 atom stereocenters. The summed E-state index contributed by atoms with van der Waals surface area (Å²) in [6.45, 7) is 4.68. The number of rotatable bonds is 11. The van der Waals surface area contributed by atoms with Gasteiger partial charge in [-0.05, 0) is 36.6 Å². The highest BCUT2D eigenvalue weighted by Gasteiger charge is 2.40. The van der Waals surface area contributed by atoms with Gasteiger partial charge in [-0.25, -0.2) is 4.79 Å². The van der Waals surface area contributed by atoms with Gasteiger partial charge in [0.2, 0.25) is 0 Å². The lowest BCUT2D eigenvalue weighted by molar-refractivity contribution is -0.145. The Kier molecular flexibility index (Phi) is 8.98. The number of hydrogen-bond acceptors (Lipinski definition) is 6. The van der Waals surface area contributed by atoms with Crippen LogP contribution in [0.1, 0.15) is 51.5 Å². The van der Waals surface area contributed by atoms with Crippen molar-refractivity contribution < 1.29 is 24.2 Å². The zero-order chi connectivity index (χ0) is 21.4. The van der Waals surface area contributed by atoms with Crippen molar-refractivity contribution in [1.29, 1.82) is 0 Å². The highest BCUT2D eigenvalue weighted by molar-refractivity contribution is 8.26. The molecule has 1 unspecified atom stereocenters. The minimum absolute atomic E-state index is 0.274. The minimum Gasteiger partial charge on any atom is -0.493 e. The summed E-state index contributed by atoms with van der Waals surface area (Å²) >= 11 is 6.43. The van der Waals surface area contributed by atoms with Crippen LogP contribution < -0.4 is 9.47 Å². The molecule has 0 aromatic heterocycles.